The molecule has 2 aliphatic heterocycles. The van der Waals surface area contributed by atoms with Gasteiger partial charge in [-0.05, 0) is 45.4 Å². The van der Waals surface area contributed by atoms with Crippen molar-refractivity contribution >= 4 is 0 Å². The Balaban J connectivity index is 1.86. The summed E-state index contributed by atoms with van der Waals surface area (Å²) in [5.41, 5.74) is 0.254. The maximum Gasteiger partial charge on any atom is 0.0588 e. The van der Waals surface area contributed by atoms with Crippen molar-refractivity contribution in [1.82, 2.24) is 10.2 Å². The van der Waals surface area contributed by atoms with Crippen LogP contribution in [0.25, 0.3) is 0 Å². The maximum atomic E-state index is 5.77. The number of nitrogens with one attached hydrogen (secondary N) is 1. The standard InChI is InChI=1S/C16H32N2O/c1-13(2)10-14-11-17-16(3,4)12-18(14)8-7-15-6-5-9-19-15/h13-15,17H,5-12H2,1-4H3. The molecule has 2 fully saturated rings. The Kier molecular flexibility index (Phi) is 5.27. The first-order valence-electron chi connectivity index (χ1n) is 8.07. The second-order valence-electron chi connectivity index (χ2n) is 7.44. The molecule has 2 aliphatic rings. The van der Waals surface area contributed by atoms with Gasteiger partial charge in [0.2, 0.25) is 0 Å². The number of piperazine rings is 1. The minimum atomic E-state index is 0.254. The van der Waals surface area contributed by atoms with E-state index in [9.17, 15) is 0 Å². The van der Waals surface area contributed by atoms with Crippen molar-refractivity contribution in [1.29, 1.82) is 0 Å². The molecule has 0 aromatic rings. The van der Waals surface area contributed by atoms with Gasteiger partial charge in [-0.1, -0.05) is 13.8 Å². The highest BCUT2D eigenvalue weighted by molar-refractivity contribution is 4.92. The van der Waals surface area contributed by atoms with Crippen molar-refractivity contribution in [2.24, 2.45) is 5.92 Å². The minimum absolute atomic E-state index is 0.254. The average molecular weight is 268 g/mol. The predicted octanol–water partition coefficient (Wildman–Crippen LogP) is 2.65. The summed E-state index contributed by atoms with van der Waals surface area (Å²) in [5, 5.41) is 3.70. The van der Waals surface area contributed by atoms with Crippen LogP contribution >= 0.6 is 0 Å². The molecule has 0 aromatic carbocycles. The zero-order chi connectivity index (χ0) is 13.9. The van der Waals surface area contributed by atoms with E-state index < -0.39 is 0 Å². The van der Waals surface area contributed by atoms with Gasteiger partial charge in [-0.2, -0.15) is 0 Å². The van der Waals surface area contributed by atoms with Gasteiger partial charge < -0.3 is 10.1 Å². The molecule has 0 bridgehead atoms. The van der Waals surface area contributed by atoms with E-state index >= 15 is 0 Å². The number of ether oxygens (including phenoxy) is 1. The Bertz CT molecular complexity index is 272. The van der Waals surface area contributed by atoms with Crippen LogP contribution in [0.5, 0.6) is 0 Å². The van der Waals surface area contributed by atoms with Gasteiger partial charge in [-0.25, -0.2) is 0 Å². The third-order valence-corrected chi connectivity index (χ3v) is 4.44. The normalized spacial score (nSPS) is 32.1. The lowest BCUT2D eigenvalue weighted by molar-refractivity contribution is 0.0513. The van der Waals surface area contributed by atoms with Crippen molar-refractivity contribution in [3.63, 3.8) is 0 Å². The molecule has 0 spiro atoms. The highest BCUT2D eigenvalue weighted by Crippen LogP contribution is 2.22. The molecule has 2 rings (SSSR count). The molecular weight excluding hydrogens is 236 g/mol. The molecule has 112 valence electrons. The van der Waals surface area contributed by atoms with E-state index in [1.165, 1.54) is 32.2 Å². The SMILES string of the molecule is CC(C)CC1CNC(C)(C)CN1CCC1CCCO1. The molecular formula is C16H32N2O. The molecule has 0 amide bonds. The number of hydrogen-bond donors (Lipinski definition) is 1. The molecule has 2 atom stereocenters. The number of hydrogen-bond acceptors (Lipinski definition) is 3. The van der Waals surface area contributed by atoms with Crippen LogP contribution in [0.1, 0.15) is 53.4 Å². The largest absolute Gasteiger partial charge is 0.378 e. The number of nitrogens with zero attached hydrogens (tertiary/aromatic N) is 1. The van der Waals surface area contributed by atoms with Gasteiger partial charge >= 0.3 is 0 Å². The van der Waals surface area contributed by atoms with Crippen LogP contribution in [-0.4, -0.2) is 48.8 Å². The van der Waals surface area contributed by atoms with E-state index in [2.05, 4.69) is 37.9 Å². The van der Waals surface area contributed by atoms with Gasteiger partial charge in [-0.3, -0.25) is 4.90 Å². The highest BCUT2D eigenvalue weighted by atomic mass is 16.5. The molecule has 0 radical (unpaired) electrons. The molecule has 0 aliphatic carbocycles. The van der Waals surface area contributed by atoms with Crippen LogP contribution in [0, 0.1) is 5.92 Å². The topological polar surface area (TPSA) is 24.5 Å². The molecule has 3 nitrogen and oxygen atoms in total. The fraction of sp³-hybridized carbons (Fsp3) is 1.00. The van der Waals surface area contributed by atoms with Crippen molar-refractivity contribution in [2.75, 3.05) is 26.2 Å². The highest BCUT2D eigenvalue weighted by Gasteiger charge is 2.32. The van der Waals surface area contributed by atoms with Crippen LogP contribution in [0.3, 0.4) is 0 Å². The number of rotatable bonds is 5. The summed E-state index contributed by atoms with van der Waals surface area (Å²) in [5.74, 6) is 0.776. The summed E-state index contributed by atoms with van der Waals surface area (Å²) in [6.07, 6.45) is 5.56. The first-order chi connectivity index (χ1) is 8.96. The molecule has 0 saturated carbocycles. The third kappa shape index (κ3) is 4.73. The van der Waals surface area contributed by atoms with Crippen LogP contribution in [0.15, 0.2) is 0 Å². The molecule has 2 heterocycles. The van der Waals surface area contributed by atoms with Crippen molar-refractivity contribution in [2.45, 2.75) is 71.1 Å². The lowest BCUT2D eigenvalue weighted by Gasteiger charge is -2.45. The fourth-order valence-corrected chi connectivity index (χ4v) is 3.44. The Morgan fingerprint density at radius 3 is 2.79 bits per heavy atom. The zero-order valence-corrected chi connectivity index (χ0v) is 13.2. The molecule has 0 aromatic heterocycles. The lowest BCUT2D eigenvalue weighted by Crippen LogP contribution is -2.62. The van der Waals surface area contributed by atoms with Gasteiger partial charge in [0, 0.05) is 37.8 Å². The quantitative estimate of drug-likeness (QED) is 0.829. The van der Waals surface area contributed by atoms with Crippen molar-refractivity contribution < 1.29 is 4.74 Å². The summed E-state index contributed by atoms with van der Waals surface area (Å²) >= 11 is 0. The summed E-state index contributed by atoms with van der Waals surface area (Å²) in [7, 11) is 0. The maximum absolute atomic E-state index is 5.77. The van der Waals surface area contributed by atoms with Gasteiger partial charge in [0.15, 0.2) is 0 Å². The first kappa shape index (κ1) is 15.3. The van der Waals surface area contributed by atoms with E-state index in [0.29, 0.717) is 12.1 Å². The molecule has 3 heteroatoms. The summed E-state index contributed by atoms with van der Waals surface area (Å²) in [4.78, 5) is 2.71. The van der Waals surface area contributed by atoms with E-state index in [4.69, 9.17) is 4.74 Å². The Hall–Kier alpha value is -0.120. The third-order valence-electron chi connectivity index (χ3n) is 4.44. The van der Waals surface area contributed by atoms with Crippen LogP contribution in [0.4, 0.5) is 0 Å². The molecule has 19 heavy (non-hydrogen) atoms. The molecule has 2 saturated heterocycles. The van der Waals surface area contributed by atoms with Gasteiger partial charge in [0.1, 0.15) is 0 Å². The van der Waals surface area contributed by atoms with Crippen molar-refractivity contribution in [3.8, 4) is 0 Å². The summed E-state index contributed by atoms with van der Waals surface area (Å²) in [6.45, 7) is 13.8. The van der Waals surface area contributed by atoms with Crippen LogP contribution in [-0.2, 0) is 4.74 Å². The smallest absolute Gasteiger partial charge is 0.0588 e. The van der Waals surface area contributed by atoms with Gasteiger partial charge in [0.05, 0.1) is 6.10 Å². The first-order valence-corrected chi connectivity index (χ1v) is 8.07. The summed E-state index contributed by atoms with van der Waals surface area (Å²) < 4.78 is 5.77. The zero-order valence-electron chi connectivity index (χ0n) is 13.2. The lowest BCUT2D eigenvalue weighted by atomic mass is 9.93. The van der Waals surface area contributed by atoms with E-state index in [0.717, 1.165) is 25.6 Å². The molecule has 2 unspecified atom stereocenters. The minimum Gasteiger partial charge on any atom is -0.378 e. The Morgan fingerprint density at radius 2 is 2.16 bits per heavy atom. The van der Waals surface area contributed by atoms with E-state index in [1.54, 1.807) is 0 Å². The Morgan fingerprint density at radius 1 is 1.37 bits per heavy atom. The van der Waals surface area contributed by atoms with Crippen LogP contribution in [0.2, 0.25) is 0 Å². The fourth-order valence-electron chi connectivity index (χ4n) is 3.44. The van der Waals surface area contributed by atoms with Gasteiger partial charge in [-0.15, -0.1) is 0 Å². The monoisotopic (exact) mass is 268 g/mol. The van der Waals surface area contributed by atoms with Gasteiger partial charge in [0.25, 0.3) is 0 Å². The summed E-state index contributed by atoms with van der Waals surface area (Å²) in [6, 6.07) is 0.703. The second kappa shape index (κ2) is 6.55. The molecule has 1 N–H and O–H groups in total. The van der Waals surface area contributed by atoms with Crippen molar-refractivity contribution in [3.05, 3.63) is 0 Å². The predicted molar refractivity (Wildman–Crippen MR) is 80.5 cm³/mol. The average Bonchev–Trinajstić information content (AvgIpc) is 2.81. The van der Waals surface area contributed by atoms with E-state index in [-0.39, 0.29) is 5.54 Å². The Labute approximate surface area is 119 Å². The second-order valence-corrected chi connectivity index (χ2v) is 7.44. The van der Waals surface area contributed by atoms with E-state index in [1.807, 2.05) is 0 Å². The van der Waals surface area contributed by atoms with Crippen LogP contribution < -0.4 is 5.32 Å².